The Labute approximate surface area is 168 Å². The largest absolute Gasteiger partial charge is 0.263 e. The van der Waals surface area contributed by atoms with Crippen molar-refractivity contribution in [3.63, 3.8) is 0 Å². The fraction of sp³-hybridized carbons (Fsp3) is 0.526. The standard InChI is InChI=1S/C19H29N3O4S2/c1-15-18(16(2)22(21-15)19(3,4)5)28(25,26)20-12-9-13-27(23,24)14-17-10-7-6-8-11-17/h6-8,10-11,20H,9,12-14H2,1-5H3. The molecular formula is C19H29N3O4S2. The van der Waals surface area contributed by atoms with E-state index in [-0.39, 0.29) is 34.9 Å². The van der Waals surface area contributed by atoms with Crippen LogP contribution in [0.4, 0.5) is 0 Å². The zero-order chi connectivity index (χ0) is 21.2. The predicted molar refractivity (Wildman–Crippen MR) is 110 cm³/mol. The first-order valence-electron chi connectivity index (χ1n) is 9.14. The molecule has 0 spiro atoms. The molecule has 0 fully saturated rings. The number of rotatable bonds is 8. The van der Waals surface area contributed by atoms with E-state index >= 15 is 0 Å². The molecule has 0 amide bonds. The van der Waals surface area contributed by atoms with Crippen LogP contribution in [0.2, 0.25) is 0 Å². The Morgan fingerprint density at radius 3 is 2.18 bits per heavy atom. The van der Waals surface area contributed by atoms with Crippen LogP contribution in [0.5, 0.6) is 0 Å². The molecule has 1 N–H and O–H groups in total. The molecule has 0 saturated heterocycles. The smallest absolute Gasteiger partial charge is 0.244 e. The van der Waals surface area contributed by atoms with E-state index in [0.29, 0.717) is 11.4 Å². The molecule has 0 aliphatic carbocycles. The Balaban J connectivity index is 2.00. The summed E-state index contributed by atoms with van der Waals surface area (Å²) in [6, 6.07) is 8.94. The number of sulfone groups is 1. The van der Waals surface area contributed by atoms with Crippen molar-refractivity contribution < 1.29 is 16.8 Å². The molecule has 1 heterocycles. The summed E-state index contributed by atoms with van der Waals surface area (Å²) < 4.78 is 54.1. The number of nitrogens with zero attached hydrogens (tertiary/aromatic N) is 2. The Kier molecular flexibility index (Phi) is 6.73. The molecule has 7 nitrogen and oxygen atoms in total. The van der Waals surface area contributed by atoms with Gasteiger partial charge in [0.1, 0.15) is 4.90 Å². The SMILES string of the molecule is Cc1nn(C(C)(C)C)c(C)c1S(=O)(=O)NCCCS(=O)(=O)Cc1ccccc1. The van der Waals surface area contributed by atoms with Gasteiger partial charge in [0.25, 0.3) is 0 Å². The lowest BCUT2D eigenvalue weighted by atomic mass is 10.1. The van der Waals surface area contributed by atoms with Crippen molar-refractivity contribution in [3.8, 4) is 0 Å². The Hall–Kier alpha value is -1.71. The van der Waals surface area contributed by atoms with Gasteiger partial charge in [-0.1, -0.05) is 30.3 Å². The molecule has 0 radical (unpaired) electrons. The molecular weight excluding hydrogens is 398 g/mol. The van der Waals surface area contributed by atoms with E-state index in [9.17, 15) is 16.8 Å². The molecule has 0 atom stereocenters. The highest BCUT2D eigenvalue weighted by Gasteiger charge is 2.28. The molecule has 156 valence electrons. The Bertz CT molecular complexity index is 1020. The molecule has 9 heteroatoms. The fourth-order valence-electron chi connectivity index (χ4n) is 3.14. The lowest BCUT2D eigenvalue weighted by Crippen LogP contribution is -2.28. The van der Waals surface area contributed by atoms with E-state index < -0.39 is 19.9 Å². The zero-order valence-electron chi connectivity index (χ0n) is 17.1. The van der Waals surface area contributed by atoms with Crippen LogP contribution >= 0.6 is 0 Å². The molecule has 0 unspecified atom stereocenters. The second-order valence-corrected chi connectivity index (χ2v) is 11.8. The molecule has 0 bridgehead atoms. The molecule has 0 aliphatic rings. The second kappa shape index (κ2) is 8.34. The maximum atomic E-state index is 12.7. The average Bonchev–Trinajstić information content (AvgIpc) is 2.88. The van der Waals surface area contributed by atoms with Gasteiger partial charge >= 0.3 is 0 Å². The average molecular weight is 428 g/mol. The first-order chi connectivity index (χ1) is 12.8. The predicted octanol–water partition coefficient (Wildman–Crippen LogP) is 2.54. The van der Waals surface area contributed by atoms with Crippen molar-refractivity contribution in [3.05, 3.63) is 47.3 Å². The third kappa shape index (κ3) is 5.65. The van der Waals surface area contributed by atoms with Crippen LogP contribution in [0, 0.1) is 13.8 Å². The monoisotopic (exact) mass is 427 g/mol. The van der Waals surface area contributed by atoms with E-state index in [1.165, 1.54) is 0 Å². The molecule has 1 aromatic heterocycles. The highest BCUT2D eigenvalue weighted by Crippen LogP contribution is 2.24. The summed E-state index contributed by atoms with van der Waals surface area (Å²) in [6.45, 7) is 9.30. The van der Waals surface area contributed by atoms with Gasteiger partial charge < -0.3 is 0 Å². The zero-order valence-corrected chi connectivity index (χ0v) is 18.7. The molecule has 1 aromatic carbocycles. The van der Waals surface area contributed by atoms with Crippen molar-refractivity contribution in [2.45, 2.75) is 57.2 Å². The number of hydrogen-bond acceptors (Lipinski definition) is 5. The van der Waals surface area contributed by atoms with Gasteiger partial charge in [-0.25, -0.2) is 21.6 Å². The van der Waals surface area contributed by atoms with Crippen LogP contribution in [-0.4, -0.2) is 38.9 Å². The summed E-state index contributed by atoms with van der Waals surface area (Å²) >= 11 is 0. The van der Waals surface area contributed by atoms with Crippen LogP contribution in [0.15, 0.2) is 35.2 Å². The van der Waals surface area contributed by atoms with Crippen LogP contribution in [0.25, 0.3) is 0 Å². The molecule has 2 aromatic rings. The van der Waals surface area contributed by atoms with Crippen molar-refractivity contribution in [2.24, 2.45) is 0 Å². The van der Waals surface area contributed by atoms with Crippen molar-refractivity contribution >= 4 is 19.9 Å². The molecule has 2 rings (SSSR count). The van der Waals surface area contributed by atoms with Gasteiger partial charge in [0.05, 0.1) is 28.4 Å². The highest BCUT2D eigenvalue weighted by molar-refractivity contribution is 7.90. The van der Waals surface area contributed by atoms with Gasteiger partial charge in [0.2, 0.25) is 10.0 Å². The van der Waals surface area contributed by atoms with Crippen LogP contribution in [0.3, 0.4) is 0 Å². The van der Waals surface area contributed by atoms with Crippen molar-refractivity contribution in [2.75, 3.05) is 12.3 Å². The second-order valence-electron chi connectivity index (χ2n) is 7.91. The third-order valence-corrected chi connectivity index (χ3v) is 7.68. The number of aryl methyl sites for hydroxylation is 1. The maximum Gasteiger partial charge on any atom is 0.244 e. The maximum absolute atomic E-state index is 12.7. The summed E-state index contributed by atoms with van der Waals surface area (Å²) in [5, 5.41) is 4.36. The summed E-state index contributed by atoms with van der Waals surface area (Å²) in [6.07, 6.45) is 0.208. The number of hydrogen-bond donors (Lipinski definition) is 1. The highest BCUT2D eigenvalue weighted by atomic mass is 32.2. The topological polar surface area (TPSA) is 98.1 Å². The lowest BCUT2D eigenvalue weighted by Gasteiger charge is -2.21. The minimum Gasteiger partial charge on any atom is -0.263 e. The normalized spacial score (nSPS) is 13.0. The summed E-state index contributed by atoms with van der Waals surface area (Å²) in [4.78, 5) is 0.162. The van der Waals surface area contributed by atoms with E-state index in [1.54, 1.807) is 42.8 Å². The van der Waals surface area contributed by atoms with Gasteiger partial charge in [0.15, 0.2) is 9.84 Å². The van der Waals surface area contributed by atoms with Crippen LogP contribution in [-0.2, 0) is 31.2 Å². The van der Waals surface area contributed by atoms with E-state index in [1.807, 2.05) is 26.8 Å². The first kappa shape index (κ1) is 22.6. The minimum absolute atomic E-state index is 0.0445. The molecule has 28 heavy (non-hydrogen) atoms. The van der Waals surface area contributed by atoms with Gasteiger partial charge in [-0.2, -0.15) is 5.10 Å². The fourth-order valence-corrected chi connectivity index (χ4v) is 6.03. The minimum atomic E-state index is -3.77. The summed E-state index contributed by atoms with van der Waals surface area (Å²) in [5.74, 6) is -0.124. The number of benzene rings is 1. The van der Waals surface area contributed by atoms with Gasteiger partial charge in [0, 0.05) is 6.54 Å². The Morgan fingerprint density at radius 2 is 1.64 bits per heavy atom. The third-order valence-electron chi connectivity index (χ3n) is 4.28. The first-order valence-corrected chi connectivity index (χ1v) is 12.4. The van der Waals surface area contributed by atoms with Crippen LogP contribution < -0.4 is 4.72 Å². The van der Waals surface area contributed by atoms with E-state index in [2.05, 4.69) is 9.82 Å². The van der Waals surface area contributed by atoms with Gasteiger partial charge in [-0.15, -0.1) is 0 Å². The number of sulfonamides is 1. The van der Waals surface area contributed by atoms with Crippen LogP contribution in [0.1, 0.15) is 44.1 Å². The van der Waals surface area contributed by atoms with E-state index in [0.717, 1.165) is 5.56 Å². The Morgan fingerprint density at radius 1 is 1.04 bits per heavy atom. The summed E-state index contributed by atoms with van der Waals surface area (Å²) in [7, 11) is -7.07. The number of nitrogens with one attached hydrogen (secondary N) is 1. The van der Waals surface area contributed by atoms with Crippen molar-refractivity contribution in [1.29, 1.82) is 0 Å². The van der Waals surface area contributed by atoms with Crippen molar-refractivity contribution in [1.82, 2.24) is 14.5 Å². The molecule has 0 aliphatic heterocycles. The van der Waals surface area contributed by atoms with Gasteiger partial charge in [-0.05, 0) is 46.6 Å². The summed E-state index contributed by atoms with van der Waals surface area (Å²) in [5.41, 5.74) is 1.38. The quantitative estimate of drug-likeness (QED) is 0.653. The van der Waals surface area contributed by atoms with Gasteiger partial charge in [-0.3, -0.25) is 4.68 Å². The number of aromatic nitrogens is 2. The lowest BCUT2D eigenvalue weighted by molar-refractivity contribution is 0.345. The molecule has 0 saturated carbocycles. The van der Waals surface area contributed by atoms with E-state index in [4.69, 9.17) is 0 Å².